The van der Waals surface area contributed by atoms with E-state index in [0.717, 1.165) is 0 Å². The van der Waals surface area contributed by atoms with Gasteiger partial charge in [0.2, 0.25) is 23.6 Å². The molecule has 0 aromatic carbocycles. The summed E-state index contributed by atoms with van der Waals surface area (Å²) in [5.74, 6) is -2.92. The second kappa shape index (κ2) is 13.9. The van der Waals surface area contributed by atoms with Crippen molar-refractivity contribution in [3.63, 3.8) is 0 Å². The van der Waals surface area contributed by atoms with Gasteiger partial charge in [0.05, 0.1) is 6.04 Å². The predicted molar refractivity (Wildman–Crippen MR) is 123 cm³/mol. The molecule has 4 unspecified atom stereocenters. The first-order chi connectivity index (χ1) is 16.2. The van der Waals surface area contributed by atoms with Gasteiger partial charge in [-0.2, -0.15) is 0 Å². The minimum atomic E-state index is -1.17. The van der Waals surface area contributed by atoms with Gasteiger partial charge in [-0.25, -0.2) is 4.79 Å². The topological polar surface area (TPSA) is 183 Å². The number of fused-ring (bicyclic) bond motifs is 1. The molecule has 0 aromatic rings. The van der Waals surface area contributed by atoms with Crippen molar-refractivity contribution in [2.24, 2.45) is 5.73 Å². The summed E-state index contributed by atoms with van der Waals surface area (Å²) in [6.45, 7) is 1.42. The summed E-state index contributed by atoms with van der Waals surface area (Å²) in [4.78, 5) is 64.2. The molecule has 4 amide bonds. The molecule has 2 fully saturated rings. The van der Waals surface area contributed by atoms with E-state index in [4.69, 9.17) is 5.73 Å². The third kappa shape index (κ3) is 8.24. The van der Waals surface area contributed by atoms with Gasteiger partial charge in [0.25, 0.3) is 0 Å². The number of nitrogens with zero attached hydrogens (tertiary/aromatic N) is 1. The van der Waals surface area contributed by atoms with Gasteiger partial charge in [-0.15, -0.1) is 0 Å². The Morgan fingerprint density at radius 2 is 1.94 bits per heavy atom. The zero-order valence-electron chi connectivity index (χ0n) is 19.8. The molecule has 7 N–H and O–H groups in total. The van der Waals surface area contributed by atoms with Gasteiger partial charge in [-0.1, -0.05) is 0 Å². The fourth-order valence-corrected chi connectivity index (χ4v) is 4.27. The van der Waals surface area contributed by atoms with Crippen LogP contribution in [0.25, 0.3) is 0 Å². The molecule has 2 saturated heterocycles. The molecule has 192 valence electrons. The quantitative estimate of drug-likeness (QED) is 0.235. The van der Waals surface area contributed by atoms with Gasteiger partial charge in [-0.05, 0) is 65.0 Å². The average molecular weight is 483 g/mol. The number of hydrogen-bond donors (Lipinski definition) is 6. The third-order valence-corrected chi connectivity index (χ3v) is 6.25. The highest BCUT2D eigenvalue weighted by atomic mass is 16.4. The van der Waals surface area contributed by atoms with E-state index in [1.54, 1.807) is 7.05 Å². The van der Waals surface area contributed by atoms with E-state index in [1.165, 1.54) is 4.90 Å². The molecule has 12 nitrogen and oxygen atoms in total. The van der Waals surface area contributed by atoms with Crippen LogP contribution in [-0.4, -0.2) is 90.5 Å². The number of carboxylic acid groups (broad SMARTS) is 1. The van der Waals surface area contributed by atoms with Crippen LogP contribution < -0.4 is 27.0 Å². The number of carbonyl (C=O) groups is 5. The van der Waals surface area contributed by atoms with Crippen LogP contribution in [0.3, 0.4) is 0 Å². The zero-order valence-corrected chi connectivity index (χ0v) is 19.8. The highest BCUT2D eigenvalue weighted by molar-refractivity contribution is 5.94. The van der Waals surface area contributed by atoms with Crippen LogP contribution in [0.5, 0.6) is 0 Å². The van der Waals surface area contributed by atoms with Gasteiger partial charge < -0.3 is 37.0 Å². The molecule has 0 aliphatic carbocycles. The molecule has 0 bridgehead atoms. The fraction of sp³-hybridized carbons (Fsp3) is 0.773. The van der Waals surface area contributed by atoms with Gasteiger partial charge in [0.15, 0.2) is 0 Å². The van der Waals surface area contributed by atoms with Crippen LogP contribution in [0.15, 0.2) is 0 Å². The van der Waals surface area contributed by atoms with Crippen molar-refractivity contribution in [2.75, 3.05) is 26.7 Å². The Kier molecular flexibility index (Phi) is 11.2. The molecule has 12 heteroatoms. The van der Waals surface area contributed by atoms with Crippen molar-refractivity contribution in [1.29, 1.82) is 0 Å². The van der Waals surface area contributed by atoms with E-state index < -0.39 is 42.0 Å². The Balaban J connectivity index is 2.17. The molecule has 4 atom stereocenters. The summed E-state index contributed by atoms with van der Waals surface area (Å²) in [7, 11) is 1.75. The van der Waals surface area contributed by atoms with Crippen LogP contribution in [0, 0.1) is 0 Å². The minimum Gasteiger partial charge on any atom is -0.480 e. The van der Waals surface area contributed by atoms with E-state index >= 15 is 0 Å². The molecule has 2 aliphatic heterocycles. The lowest BCUT2D eigenvalue weighted by Gasteiger charge is -2.28. The summed E-state index contributed by atoms with van der Waals surface area (Å²) < 4.78 is 0. The number of carbonyl (C=O) groups excluding carboxylic acids is 4. The Morgan fingerprint density at radius 3 is 2.65 bits per heavy atom. The maximum atomic E-state index is 13.1. The number of amides is 4. The van der Waals surface area contributed by atoms with Gasteiger partial charge in [0.1, 0.15) is 18.1 Å². The van der Waals surface area contributed by atoms with Crippen LogP contribution >= 0.6 is 0 Å². The van der Waals surface area contributed by atoms with Crippen molar-refractivity contribution in [3.8, 4) is 0 Å². The SMILES string of the molecule is CNCCCC(NC(=O)C1CCC(=O)NCCCCC(N)C(=O)N2CCCC2C(=O)N1)C(=O)O. The van der Waals surface area contributed by atoms with E-state index in [-0.39, 0.29) is 31.1 Å². The summed E-state index contributed by atoms with van der Waals surface area (Å²) in [6.07, 6.45) is 3.60. The molecule has 2 aliphatic rings. The molecule has 0 radical (unpaired) electrons. The zero-order chi connectivity index (χ0) is 25.1. The van der Waals surface area contributed by atoms with Crippen molar-refractivity contribution in [2.45, 2.75) is 82.0 Å². The van der Waals surface area contributed by atoms with E-state index in [1.807, 2.05) is 0 Å². The molecule has 2 heterocycles. The van der Waals surface area contributed by atoms with Crippen molar-refractivity contribution >= 4 is 29.6 Å². The Labute approximate surface area is 199 Å². The fourth-order valence-electron chi connectivity index (χ4n) is 4.27. The first-order valence-electron chi connectivity index (χ1n) is 12.1. The van der Waals surface area contributed by atoms with Gasteiger partial charge in [-0.3, -0.25) is 19.2 Å². The number of nitrogens with one attached hydrogen (secondary N) is 4. The standard InChI is InChI=1S/C22H38N6O6/c1-24-11-4-7-16(22(33)34)27-19(30)15-9-10-18(29)25-12-3-2-6-14(23)21(32)28-13-5-8-17(28)20(31)26-15/h14-17,24H,2-13,23H2,1H3,(H,25,29)(H,26,31)(H,27,30)(H,33,34). The van der Waals surface area contributed by atoms with Crippen molar-refractivity contribution in [3.05, 3.63) is 0 Å². The number of nitrogens with two attached hydrogens (primary N) is 1. The molecule has 34 heavy (non-hydrogen) atoms. The Morgan fingerprint density at radius 1 is 1.18 bits per heavy atom. The predicted octanol–water partition coefficient (Wildman–Crippen LogP) is -1.56. The first kappa shape index (κ1) is 27.5. The van der Waals surface area contributed by atoms with E-state index in [0.29, 0.717) is 58.2 Å². The van der Waals surface area contributed by atoms with Crippen LogP contribution in [0.4, 0.5) is 0 Å². The molecule has 0 spiro atoms. The minimum absolute atomic E-state index is 0.00639. The molecule has 2 rings (SSSR count). The number of aliphatic carboxylic acids is 1. The molecular formula is C22H38N6O6. The second-order valence-electron chi connectivity index (χ2n) is 8.89. The van der Waals surface area contributed by atoms with Crippen molar-refractivity contribution < 1.29 is 29.1 Å². The first-order valence-corrected chi connectivity index (χ1v) is 12.1. The number of rotatable bonds is 7. The maximum Gasteiger partial charge on any atom is 0.326 e. The van der Waals surface area contributed by atoms with Crippen LogP contribution in [0.2, 0.25) is 0 Å². The summed E-state index contributed by atoms with van der Waals surface area (Å²) in [5, 5.41) is 20.3. The number of carboxylic acids is 1. The normalized spacial score (nSPS) is 25.9. The smallest absolute Gasteiger partial charge is 0.326 e. The Hall–Kier alpha value is -2.73. The Bertz CT molecular complexity index is 747. The lowest BCUT2D eigenvalue weighted by molar-refractivity contribution is -0.143. The summed E-state index contributed by atoms with van der Waals surface area (Å²) in [6, 6.07) is -3.72. The monoisotopic (exact) mass is 482 g/mol. The second-order valence-corrected chi connectivity index (χ2v) is 8.89. The average Bonchev–Trinajstić information content (AvgIpc) is 3.29. The van der Waals surface area contributed by atoms with Gasteiger partial charge >= 0.3 is 5.97 Å². The molecule has 0 aromatic heterocycles. The van der Waals surface area contributed by atoms with Crippen molar-refractivity contribution in [1.82, 2.24) is 26.2 Å². The lowest BCUT2D eigenvalue weighted by atomic mass is 10.1. The van der Waals surface area contributed by atoms with Gasteiger partial charge in [0, 0.05) is 19.5 Å². The van der Waals surface area contributed by atoms with E-state index in [2.05, 4.69) is 21.3 Å². The number of hydrogen-bond acceptors (Lipinski definition) is 7. The van der Waals surface area contributed by atoms with E-state index in [9.17, 15) is 29.1 Å². The molecular weight excluding hydrogens is 444 g/mol. The highest BCUT2D eigenvalue weighted by Gasteiger charge is 2.38. The van der Waals surface area contributed by atoms with Crippen LogP contribution in [0.1, 0.15) is 57.8 Å². The largest absolute Gasteiger partial charge is 0.480 e. The third-order valence-electron chi connectivity index (χ3n) is 6.25. The maximum absolute atomic E-state index is 13.1. The van der Waals surface area contributed by atoms with Crippen LogP contribution in [-0.2, 0) is 24.0 Å². The lowest BCUT2D eigenvalue weighted by Crippen LogP contribution is -2.56. The molecule has 0 saturated carbocycles. The summed E-state index contributed by atoms with van der Waals surface area (Å²) >= 11 is 0. The highest BCUT2D eigenvalue weighted by Crippen LogP contribution is 2.20. The summed E-state index contributed by atoms with van der Waals surface area (Å²) in [5.41, 5.74) is 6.06.